The first kappa shape index (κ1) is 14.7. The lowest BCUT2D eigenvalue weighted by atomic mass is 10.1. The summed E-state index contributed by atoms with van der Waals surface area (Å²) in [6.07, 6.45) is -3.52. The Morgan fingerprint density at radius 2 is 1.88 bits per heavy atom. The molecule has 0 aromatic rings. The molecule has 0 aromatic heterocycles. The van der Waals surface area contributed by atoms with Crippen LogP contribution in [0.5, 0.6) is 0 Å². The van der Waals surface area contributed by atoms with Gasteiger partial charge >= 0.3 is 6.18 Å². The van der Waals surface area contributed by atoms with Crippen molar-refractivity contribution in [1.82, 2.24) is 4.90 Å². The van der Waals surface area contributed by atoms with Gasteiger partial charge in [-0.2, -0.15) is 13.2 Å². The predicted molar refractivity (Wildman–Crippen MR) is 55.6 cm³/mol. The maximum atomic E-state index is 12.6. The summed E-state index contributed by atoms with van der Waals surface area (Å²) in [7, 11) is 3.23. The molecule has 0 saturated carbocycles. The molecule has 0 saturated heterocycles. The van der Waals surface area contributed by atoms with Gasteiger partial charge in [0.2, 0.25) is 0 Å². The van der Waals surface area contributed by atoms with Crippen LogP contribution in [0.4, 0.5) is 13.2 Å². The number of allylic oxidation sites excluding steroid dienone is 3. The van der Waals surface area contributed by atoms with Crippen molar-refractivity contribution >= 4 is 6.29 Å². The van der Waals surface area contributed by atoms with Crippen LogP contribution in [0.15, 0.2) is 22.9 Å². The molecule has 16 heavy (non-hydrogen) atoms. The Bertz CT molecular complexity index is 317. The molecule has 92 valence electrons. The van der Waals surface area contributed by atoms with E-state index in [1.807, 2.05) is 0 Å². The Hall–Kier alpha value is -1.30. The Morgan fingerprint density at radius 1 is 1.38 bits per heavy atom. The molecule has 0 aromatic carbocycles. The van der Waals surface area contributed by atoms with Crippen LogP contribution >= 0.6 is 0 Å². The molecule has 0 aliphatic rings. The molecule has 0 radical (unpaired) electrons. The van der Waals surface area contributed by atoms with E-state index in [1.54, 1.807) is 14.1 Å². The fraction of sp³-hybridized carbons (Fsp3) is 0.500. The summed E-state index contributed by atoms with van der Waals surface area (Å²) < 4.78 is 37.9. The van der Waals surface area contributed by atoms with Crippen LogP contribution in [-0.4, -0.2) is 38.0 Å². The van der Waals surface area contributed by atoms with Gasteiger partial charge in [-0.3, -0.25) is 4.79 Å². The molecule has 6 heteroatoms. The van der Waals surface area contributed by atoms with Gasteiger partial charge in [0.05, 0.1) is 5.57 Å². The standard InChI is InChI=1S/C10H15F3N2O/c1-7(15(2)3)4-9(10(11,12)13)8(5-14)6-16/h4,6H,5,14H2,1-3H3/b7-4-,9-8+. The number of nitrogens with two attached hydrogens (primary N) is 1. The van der Waals surface area contributed by atoms with E-state index in [9.17, 15) is 18.0 Å². The van der Waals surface area contributed by atoms with Crippen molar-refractivity contribution in [3.63, 3.8) is 0 Å². The number of alkyl halides is 3. The van der Waals surface area contributed by atoms with Crippen LogP contribution in [-0.2, 0) is 4.79 Å². The molecule has 0 unspecified atom stereocenters. The highest BCUT2D eigenvalue weighted by molar-refractivity contribution is 5.76. The van der Waals surface area contributed by atoms with Gasteiger partial charge in [-0.15, -0.1) is 0 Å². The average Bonchev–Trinajstić information content (AvgIpc) is 2.16. The van der Waals surface area contributed by atoms with E-state index < -0.39 is 23.9 Å². The maximum Gasteiger partial charge on any atom is 0.416 e. The van der Waals surface area contributed by atoms with Crippen molar-refractivity contribution in [2.24, 2.45) is 5.73 Å². The number of carbonyl (C=O) groups excluding carboxylic acids is 1. The minimum atomic E-state index is -4.58. The topological polar surface area (TPSA) is 46.3 Å². The van der Waals surface area contributed by atoms with E-state index >= 15 is 0 Å². The smallest absolute Gasteiger partial charge is 0.381 e. The first-order valence-electron chi connectivity index (χ1n) is 4.55. The SMILES string of the molecule is C/C(=C/C(=C(\C=O)CN)C(F)(F)F)N(C)C. The lowest BCUT2D eigenvalue weighted by Crippen LogP contribution is -2.19. The predicted octanol–water partition coefficient (Wildman–Crippen LogP) is 1.47. The Kier molecular flexibility index (Phi) is 5.23. The number of halogens is 3. The van der Waals surface area contributed by atoms with Gasteiger partial charge in [-0.05, 0) is 13.0 Å². The molecule has 0 aliphatic carbocycles. The van der Waals surface area contributed by atoms with Gasteiger partial charge in [-0.1, -0.05) is 0 Å². The number of hydrogen-bond donors (Lipinski definition) is 1. The quantitative estimate of drug-likeness (QED) is 0.457. The maximum absolute atomic E-state index is 12.6. The van der Waals surface area contributed by atoms with Crippen molar-refractivity contribution in [3.05, 3.63) is 22.9 Å². The molecule has 0 spiro atoms. The molecule has 0 amide bonds. The molecular weight excluding hydrogens is 221 g/mol. The molecule has 0 heterocycles. The molecule has 0 aliphatic heterocycles. The largest absolute Gasteiger partial charge is 0.416 e. The van der Waals surface area contributed by atoms with Crippen molar-refractivity contribution in [1.29, 1.82) is 0 Å². The highest BCUT2D eigenvalue weighted by Crippen LogP contribution is 2.29. The van der Waals surface area contributed by atoms with E-state index in [4.69, 9.17) is 5.73 Å². The number of hydrogen-bond acceptors (Lipinski definition) is 3. The third kappa shape index (κ3) is 4.06. The fourth-order valence-electron chi connectivity index (χ4n) is 0.916. The van der Waals surface area contributed by atoms with Crippen LogP contribution in [0, 0.1) is 0 Å². The van der Waals surface area contributed by atoms with Gasteiger partial charge in [0.25, 0.3) is 0 Å². The summed E-state index contributed by atoms with van der Waals surface area (Å²) in [5.41, 5.74) is 4.05. The van der Waals surface area contributed by atoms with Crippen LogP contribution in [0.3, 0.4) is 0 Å². The van der Waals surface area contributed by atoms with E-state index in [0.717, 1.165) is 6.08 Å². The summed E-state index contributed by atoms with van der Waals surface area (Å²) in [6, 6.07) is 0. The molecule has 0 fully saturated rings. The fourth-order valence-corrected chi connectivity index (χ4v) is 0.916. The third-order valence-electron chi connectivity index (χ3n) is 2.07. The molecule has 0 atom stereocenters. The zero-order valence-corrected chi connectivity index (χ0v) is 9.43. The lowest BCUT2D eigenvalue weighted by Gasteiger charge is -2.16. The number of nitrogens with zero attached hydrogens (tertiary/aromatic N) is 1. The van der Waals surface area contributed by atoms with Crippen molar-refractivity contribution in [2.45, 2.75) is 13.1 Å². The normalized spacial score (nSPS) is 14.6. The minimum absolute atomic E-state index is 0.141. The summed E-state index contributed by atoms with van der Waals surface area (Å²) in [5, 5.41) is 0. The first-order chi connectivity index (χ1) is 7.23. The summed E-state index contributed by atoms with van der Waals surface area (Å²) in [6.45, 7) is 1.08. The van der Waals surface area contributed by atoms with Gasteiger partial charge in [-0.25, -0.2) is 0 Å². The Balaban J connectivity index is 5.54. The second-order valence-corrected chi connectivity index (χ2v) is 3.44. The summed E-state index contributed by atoms with van der Waals surface area (Å²) in [5.74, 6) is 0. The molecular formula is C10H15F3N2O. The molecule has 0 bridgehead atoms. The number of carbonyl (C=O) groups is 1. The average molecular weight is 236 g/mol. The van der Waals surface area contributed by atoms with E-state index in [2.05, 4.69) is 0 Å². The Morgan fingerprint density at radius 3 is 2.12 bits per heavy atom. The van der Waals surface area contributed by atoms with Gasteiger partial charge in [0.15, 0.2) is 0 Å². The zero-order chi connectivity index (χ0) is 12.9. The van der Waals surface area contributed by atoms with E-state index in [0.29, 0.717) is 5.70 Å². The van der Waals surface area contributed by atoms with Crippen molar-refractivity contribution < 1.29 is 18.0 Å². The lowest BCUT2D eigenvalue weighted by molar-refractivity contribution is -0.107. The molecule has 3 nitrogen and oxygen atoms in total. The van der Waals surface area contributed by atoms with Crippen LogP contribution < -0.4 is 5.73 Å². The highest BCUT2D eigenvalue weighted by Gasteiger charge is 2.34. The second-order valence-electron chi connectivity index (χ2n) is 3.44. The number of aldehydes is 1. The summed E-state index contributed by atoms with van der Waals surface area (Å²) in [4.78, 5) is 12.0. The van der Waals surface area contributed by atoms with E-state index in [-0.39, 0.29) is 6.29 Å². The van der Waals surface area contributed by atoms with E-state index in [1.165, 1.54) is 11.8 Å². The second kappa shape index (κ2) is 5.69. The summed E-state index contributed by atoms with van der Waals surface area (Å²) >= 11 is 0. The monoisotopic (exact) mass is 236 g/mol. The van der Waals surface area contributed by atoms with Gasteiger partial charge < -0.3 is 10.6 Å². The Labute approximate surface area is 92.4 Å². The molecule has 0 rings (SSSR count). The molecule has 2 N–H and O–H groups in total. The first-order valence-corrected chi connectivity index (χ1v) is 4.55. The van der Waals surface area contributed by atoms with Gasteiger partial charge in [0, 0.05) is 31.9 Å². The highest BCUT2D eigenvalue weighted by atomic mass is 19.4. The zero-order valence-electron chi connectivity index (χ0n) is 9.43. The number of rotatable bonds is 4. The third-order valence-corrected chi connectivity index (χ3v) is 2.07. The van der Waals surface area contributed by atoms with Crippen molar-refractivity contribution in [2.75, 3.05) is 20.6 Å². The van der Waals surface area contributed by atoms with Gasteiger partial charge in [0.1, 0.15) is 6.29 Å². The van der Waals surface area contributed by atoms with Crippen LogP contribution in [0.2, 0.25) is 0 Å². The van der Waals surface area contributed by atoms with Crippen LogP contribution in [0.1, 0.15) is 6.92 Å². The van der Waals surface area contributed by atoms with Crippen LogP contribution in [0.25, 0.3) is 0 Å². The van der Waals surface area contributed by atoms with Crippen molar-refractivity contribution in [3.8, 4) is 0 Å². The minimum Gasteiger partial charge on any atom is -0.381 e.